The molecule has 8 heteroatoms. The third-order valence-electron chi connectivity index (χ3n) is 5.81. The Bertz CT molecular complexity index is 1290. The van der Waals surface area contributed by atoms with E-state index in [4.69, 9.17) is 4.74 Å². The average molecular weight is 540 g/mol. The van der Waals surface area contributed by atoms with E-state index in [2.05, 4.69) is 15.9 Å². The first kappa shape index (κ1) is 24.5. The highest BCUT2D eigenvalue weighted by Gasteiger charge is 2.46. The molecule has 4 rings (SSSR count). The molecule has 3 aromatic rings. The van der Waals surface area contributed by atoms with Gasteiger partial charge in [-0.2, -0.15) is 0 Å². The predicted molar refractivity (Wildman–Crippen MR) is 133 cm³/mol. The number of amides is 1. The molecule has 0 aromatic heterocycles. The van der Waals surface area contributed by atoms with Crippen LogP contribution in [0.3, 0.4) is 0 Å². The highest BCUT2D eigenvalue weighted by atomic mass is 79.9. The minimum Gasteiger partial charge on any atom is -0.507 e. The number of phenols is 1. The second kappa shape index (κ2) is 10.3. The zero-order valence-electron chi connectivity index (χ0n) is 18.9. The lowest BCUT2D eigenvalue weighted by atomic mass is 9.95. The molecule has 6 nitrogen and oxygen atoms in total. The van der Waals surface area contributed by atoms with Crippen molar-refractivity contribution in [3.8, 4) is 11.5 Å². The van der Waals surface area contributed by atoms with Gasteiger partial charge in [0.2, 0.25) is 0 Å². The molecule has 0 spiro atoms. The van der Waals surface area contributed by atoms with Gasteiger partial charge in [0.05, 0.1) is 18.2 Å². The van der Waals surface area contributed by atoms with E-state index in [1.165, 1.54) is 23.1 Å². The summed E-state index contributed by atoms with van der Waals surface area (Å²) in [6.45, 7) is 2.23. The second-order valence-corrected chi connectivity index (χ2v) is 8.95. The van der Waals surface area contributed by atoms with Gasteiger partial charge in [0.15, 0.2) is 11.5 Å². The first-order valence-electron chi connectivity index (χ1n) is 11.0. The molecule has 1 aliphatic rings. The fourth-order valence-corrected chi connectivity index (χ4v) is 4.36. The third-order valence-corrected chi connectivity index (χ3v) is 6.34. The molecular weight excluding hydrogens is 517 g/mol. The van der Waals surface area contributed by atoms with Crippen LogP contribution in [0.5, 0.6) is 11.5 Å². The van der Waals surface area contributed by atoms with E-state index in [0.29, 0.717) is 24.2 Å². The highest BCUT2D eigenvalue weighted by Crippen LogP contribution is 2.42. The summed E-state index contributed by atoms with van der Waals surface area (Å²) in [4.78, 5) is 27.7. The summed E-state index contributed by atoms with van der Waals surface area (Å²) < 4.78 is 19.6. The smallest absolute Gasteiger partial charge is 0.295 e. The maximum absolute atomic E-state index is 13.3. The number of phenolic OH excluding ortho intramolecular Hbond substituents is 1. The Morgan fingerprint density at radius 2 is 1.74 bits per heavy atom. The number of nitrogens with zero attached hydrogens (tertiary/aromatic N) is 1. The number of ether oxygens (including phenoxy) is 1. The molecule has 180 valence electrons. The van der Waals surface area contributed by atoms with E-state index in [9.17, 15) is 24.2 Å². The van der Waals surface area contributed by atoms with Crippen LogP contribution in [0.2, 0.25) is 0 Å². The van der Waals surface area contributed by atoms with E-state index in [1.807, 2.05) is 0 Å². The number of Topliss-reactive ketones (excluding diaryl/α,β-unsaturated/α-hetero) is 1. The molecule has 1 atom stereocenters. The fourth-order valence-electron chi connectivity index (χ4n) is 4.09. The molecule has 0 bridgehead atoms. The summed E-state index contributed by atoms with van der Waals surface area (Å²) in [7, 11) is 0. The van der Waals surface area contributed by atoms with Gasteiger partial charge in [-0.25, -0.2) is 4.39 Å². The van der Waals surface area contributed by atoms with E-state index >= 15 is 0 Å². The number of aromatic hydroxyl groups is 1. The number of hydrogen-bond acceptors (Lipinski definition) is 5. The Labute approximate surface area is 210 Å². The van der Waals surface area contributed by atoms with Crippen LogP contribution in [0.1, 0.15) is 29.7 Å². The van der Waals surface area contributed by atoms with Crippen molar-refractivity contribution in [1.29, 1.82) is 0 Å². The number of carbonyl (C=O) groups is 2. The molecule has 1 aliphatic heterocycles. The molecule has 0 saturated carbocycles. The average Bonchev–Trinajstić information content (AvgIpc) is 3.10. The summed E-state index contributed by atoms with van der Waals surface area (Å²) >= 11 is 3.35. The first-order valence-corrected chi connectivity index (χ1v) is 11.8. The number of carbonyl (C=O) groups excluding carboxylic acids is 2. The van der Waals surface area contributed by atoms with Gasteiger partial charge >= 0.3 is 0 Å². The molecule has 2 N–H and O–H groups in total. The van der Waals surface area contributed by atoms with E-state index in [0.717, 1.165) is 10.0 Å². The Kier molecular flexibility index (Phi) is 7.21. The lowest BCUT2D eigenvalue weighted by molar-refractivity contribution is -0.139. The topological polar surface area (TPSA) is 87.1 Å². The lowest BCUT2D eigenvalue weighted by Crippen LogP contribution is -2.31. The summed E-state index contributed by atoms with van der Waals surface area (Å²) in [5.41, 5.74) is 1.63. The number of aliphatic hydroxyl groups is 1. The number of ketones is 1. The van der Waals surface area contributed by atoms with Gasteiger partial charge < -0.3 is 19.8 Å². The molecule has 35 heavy (non-hydrogen) atoms. The van der Waals surface area contributed by atoms with Crippen LogP contribution in [0.4, 0.5) is 4.39 Å². The monoisotopic (exact) mass is 539 g/mol. The van der Waals surface area contributed by atoms with E-state index < -0.39 is 17.7 Å². The molecule has 0 radical (unpaired) electrons. The summed E-state index contributed by atoms with van der Waals surface area (Å²) in [6.07, 6.45) is 0.374. The summed E-state index contributed by atoms with van der Waals surface area (Å²) in [5, 5.41) is 21.3. The van der Waals surface area contributed by atoms with Crippen molar-refractivity contribution in [1.82, 2.24) is 4.90 Å². The Balaban J connectivity index is 1.80. The maximum Gasteiger partial charge on any atom is 0.295 e. The van der Waals surface area contributed by atoms with E-state index in [-0.39, 0.29) is 35.2 Å². The van der Waals surface area contributed by atoms with Crippen LogP contribution in [0.15, 0.2) is 76.8 Å². The van der Waals surface area contributed by atoms with Crippen molar-refractivity contribution >= 4 is 33.4 Å². The number of halogens is 2. The van der Waals surface area contributed by atoms with Crippen molar-refractivity contribution in [2.75, 3.05) is 13.2 Å². The largest absolute Gasteiger partial charge is 0.507 e. The van der Waals surface area contributed by atoms with Crippen molar-refractivity contribution in [3.63, 3.8) is 0 Å². The lowest BCUT2D eigenvalue weighted by Gasteiger charge is -2.26. The number of aliphatic hydroxyl groups excluding tert-OH is 1. The second-order valence-electron chi connectivity index (χ2n) is 8.04. The number of likely N-dealkylation sites (tertiary alicyclic amines) is 1. The molecule has 1 saturated heterocycles. The molecule has 1 unspecified atom stereocenters. The Hall–Kier alpha value is -3.65. The Morgan fingerprint density at radius 1 is 1.06 bits per heavy atom. The molecule has 1 fully saturated rings. The van der Waals surface area contributed by atoms with Gasteiger partial charge in [-0.1, -0.05) is 46.3 Å². The number of benzene rings is 3. The van der Waals surface area contributed by atoms with Crippen molar-refractivity contribution < 1.29 is 28.9 Å². The highest BCUT2D eigenvalue weighted by molar-refractivity contribution is 9.10. The van der Waals surface area contributed by atoms with Crippen molar-refractivity contribution in [2.24, 2.45) is 0 Å². The van der Waals surface area contributed by atoms with Gasteiger partial charge in [-0.05, 0) is 60.9 Å². The molecule has 1 heterocycles. The third kappa shape index (κ3) is 5.07. The minimum atomic E-state index is -0.904. The number of hydrogen-bond donors (Lipinski definition) is 2. The zero-order chi connectivity index (χ0) is 25.1. The van der Waals surface area contributed by atoms with E-state index in [1.54, 1.807) is 55.5 Å². The van der Waals surface area contributed by atoms with Crippen LogP contribution in [0, 0.1) is 5.82 Å². The van der Waals surface area contributed by atoms with Crippen LogP contribution < -0.4 is 4.74 Å². The standard InChI is InChI=1S/C27H23BrFNO5/c1-2-35-22-15-18(7-12-21(22)31)24-23(25(32)17-5-8-19(28)9-6-17)26(33)27(34)30(24)14-13-16-3-10-20(29)11-4-16/h3-12,15,24,31-32H,2,13-14H2,1H3/b25-23-. The maximum atomic E-state index is 13.3. The van der Waals surface area contributed by atoms with Gasteiger partial charge in [-0.15, -0.1) is 0 Å². The minimum absolute atomic E-state index is 0.0513. The normalized spacial score (nSPS) is 17.1. The molecule has 3 aromatic carbocycles. The van der Waals surface area contributed by atoms with Gasteiger partial charge in [0, 0.05) is 16.6 Å². The molecule has 1 amide bonds. The fraction of sp³-hybridized carbons (Fsp3) is 0.185. The van der Waals surface area contributed by atoms with Crippen LogP contribution >= 0.6 is 15.9 Å². The zero-order valence-corrected chi connectivity index (χ0v) is 20.5. The van der Waals surface area contributed by atoms with Crippen molar-refractivity contribution in [3.05, 3.63) is 99.3 Å². The quantitative estimate of drug-likeness (QED) is 0.240. The summed E-state index contributed by atoms with van der Waals surface area (Å²) in [6, 6.07) is 16.3. The Morgan fingerprint density at radius 3 is 2.40 bits per heavy atom. The van der Waals surface area contributed by atoms with Gasteiger partial charge in [0.25, 0.3) is 11.7 Å². The number of rotatable bonds is 7. The van der Waals surface area contributed by atoms with Gasteiger partial charge in [-0.3, -0.25) is 9.59 Å². The van der Waals surface area contributed by atoms with Crippen LogP contribution in [-0.2, 0) is 16.0 Å². The predicted octanol–water partition coefficient (Wildman–Crippen LogP) is 5.36. The first-order chi connectivity index (χ1) is 16.8. The summed E-state index contributed by atoms with van der Waals surface area (Å²) in [5.74, 6) is -2.08. The van der Waals surface area contributed by atoms with Crippen LogP contribution in [-0.4, -0.2) is 40.0 Å². The molecular formula is C27H23BrFNO5. The van der Waals surface area contributed by atoms with Gasteiger partial charge in [0.1, 0.15) is 11.6 Å². The molecule has 0 aliphatic carbocycles. The SMILES string of the molecule is CCOc1cc(C2/C(=C(/O)c3ccc(Br)cc3)C(=O)C(=O)N2CCc2ccc(F)cc2)ccc1O. The van der Waals surface area contributed by atoms with Crippen molar-refractivity contribution in [2.45, 2.75) is 19.4 Å². The van der Waals surface area contributed by atoms with Crippen LogP contribution in [0.25, 0.3) is 5.76 Å².